The number of rotatable bonds is 3. The Morgan fingerprint density at radius 3 is 2.33 bits per heavy atom. The number of hydrogen-bond donors (Lipinski definition) is 1. The first-order chi connectivity index (χ1) is 14.3. The summed E-state index contributed by atoms with van der Waals surface area (Å²) in [6.45, 7) is 5.47. The number of benzene rings is 1. The second kappa shape index (κ2) is 8.39. The van der Waals surface area contributed by atoms with Gasteiger partial charge in [-0.3, -0.25) is 14.7 Å². The molecule has 30 heavy (non-hydrogen) atoms. The van der Waals surface area contributed by atoms with Crippen LogP contribution >= 0.6 is 0 Å². The molecule has 3 heterocycles. The average molecular weight is 421 g/mol. The minimum absolute atomic E-state index is 0.0784. The van der Waals surface area contributed by atoms with Gasteiger partial charge in [-0.2, -0.15) is 13.2 Å². The van der Waals surface area contributed by atoms with Crippen molar-refractivity contribution in [2.45, 2.75) is 25.6 Å². The van der Waals surface area contributed by atoms with Crippen LogP contribution in [0.4, 0.5) is 19.1 Å². The van der Waals surface area contributed by atoms with Crippen molar-refractivity contribution >= 4 is 5.95 Å². The van der Waals surface area contributed by atoms with E-state index in [0.717, 1.165) is 55.1 Å². The summed E-state index contributed by atoms with van der Waals surface area (Å²) in [6.07, 6.45) is -3.08. The summed E-state index contributed by atoms with van der Waals surface area (Å²) < 4.78 is 38.3. The maximum Gasteiger partial charge on any atom is 0.416 e. The molecule has 0 amide bonds. The van der Waals surface area contributed by atoms with Crippen LogP contribution in [-0.2, 0) is 25.6 Å². The van der Waals surface area contributed by atoms with Gasteiger partial charge in [-0.05, 0) is 31.2 Å². The molecule has 0 bridgehead atoms. The lowest BCUT2D eigenvalue weighted by Crippen LogP contribution is -2.45. The molecule has 0 atom stereocenters. The van der Waals surface area contributed by atoms with E-state index in [-0.39, 0.29) is 5.56 Å². The number of H-pyrrole nitrogens is 1. The zero-order valence-corrected chi connectivity index (χ0v) is 17.0. The SMILES string of the molecule is CN1CCN(c2nc3c(c(=O)[nH]2)CCN(Cc2ccc(C(F)(F)F)cc2)CC3)CC1. The van der Waals surface area contributed by atoms with Gasteiger partial charge in [0.2, 0.25) is 5.95 Å². The number of aromatic amines is 1. The molecule has 2 aliphatic heterocycles. The average Bonchev–Trinajstić information content (AvgIpc) is 2.91. The third-order valence-electron chi connectivity index (χ3n) is 5.92. The second-order valence-corrected chi connectivity index (χ2v) is 8.08. The summed E-state index contributed by atoms with van der Waals surface area (Å²) in [5, 5.41) is 0. The molecule has 1 N–H and O–H groups in total. The molecule has 1 aromatic heterocycles. The Bertz CT molecular complexity index is 933. The van der Waals surface area contributed by atoms with Crippen LogP contribution in [0.2, 0.25) is 0 Å². The lowest BCUT2D eigenvalue weighted by molar-refractivity contribution is -0.137. The van der Waals surface area contributed by atoms with Gasteiger partial charge in [-0.15, -0.1) is 0 Å². The van der Waals surface area contributed by atoms with E-state index in [1.807, 2.05) is 0 Å². The third kappa shape index (κ3) is 4.67. The van der Waals surface area contributed by atoms with Gasteiger partial charge in [0.15, 0.2) is 0 Å². The highest BCUT2D eigenvalue weighted by atomic mass is 19.4. The molecule has 0 saturated carbocycles. The number of nitrogens with zero attached hydrogens (tertiary/aromatic N) is 4. The summed E-state index contributed by atoms with van der Waals surface area (Å²) in [5.74, 6) is 0.642. The number of anilines is 1. The van der Waals surface area contributed by atoms with Crippen molar-refractivity contribution in [3.63, 3.8) is 0 Å². The fraction of sp³-hybridized carbons (Fsp3) is 0.524. The second-order valence-electron chi connectivity index (χ2n) is 8.08. The first-order valence-electron chi connectivity index (χ1n) is 10.2. The van der Waals surface area contributed by atoms with E-state index in [4.69, 9.17) is 4.98 Å². The van der Waals surface area contributed by atoms with E-state index in [2.05, 4.69) is 26.7 Å². The van der Waals surface area contributed by atoms with E-state index in [1.165, 1.54) is 12.1 Å². The molecule has 0 radical (unpaired) electrons. The highest BCUT2D eigenvalue weighted by Crippen LogP contribution is 2.29. The van der Waals surface area contributed by atoms with Gasteiger partial charge >= 0.3 is 6.18 Å². The van der Waals surface area contributed by atoms with E-state index >= 15 is 0 Å². The van der Waals surface area contributed by atoms with Gasteiger partial charge in [0.25, 0.3) is 5.56 Å². The van der Waals surface area contributed by atoms with Crippen LogP contribution in [-0.4, -0.2) is 66.1 Å². The van der Waals surface area contributed by atoms with E-state index in [1.54, 1.807) is 0 Å². The first-order valence-corrected chi connectivity index (χ1v) is 10.2. The van der Waals surface area contributed by atoms with E-state index in [0.29, 0.717) is 38.4 Å². The standard InChI is InChI=1S/C21H26F3N5O/c1-27-10-12-29(13-11-27)20-25-18-7-9-28(8-6-17(18)19(30)26-20)14-15-2-4-16(5-3-15)21(22,23)24/h2-5H,6-14H2,1H3,(H,25,26,30). The van der Waals surface area contributed by atoms with Gasteiger partial charge < -0.3 is 9.80 Å². The van der Waals surface area contributed by atoms with E-state index in [9.17, 15) is 18.0 Å². The Hall–Kier alpha value is -2.39. The molecule has 2 aliphatic rings. The van der Waals surface area contributed by atoms with Crippen molar-refractivity contribution in [2.75, 3.05) is 51.2 Å². The topological polar surface area (TPSA) is 55.5 Å². The van der Waals surface area contributed by atoms with Crippen molar-refractivity contribution < 1.29 is 13.2 Å². The van der Waals surface area contributed by atoms with Crippen LogP contribution < -0.4 is 10.5 Å². The maximum absolute atomic E-state index is 12.8. The largest absolute Gasteiger partial charge is 0.416 e. The predicted octanol–water partition coefficient (Wildman–Crippen LogP) is 2.14. The maximum atomic E-state index is 12.8. The zero-order chi connectivity index (χ0) is 21.3. The minimum Gasteiger partial charge on any atom is -0.340 e. The van der Waals surface area contributed by atoms with Gasteiger partial charge in [-0.1, -0.05) is 12.1 Å². The smallest absolute Gasteiger partial charge is 0.340 e. The Kier molecular flexibility index (Phi) is 5.84. The molecular formula is C21H26F3N5O. The highest BCUT2D eigenvalue weighted by molar-refractivity contribution is 5.35. The highest BCUT2D eigenvalue weighted by Gasteiger charge is 2.30. The Balaban J connectivity index is 1.44. The van der Waals surface area contributed by atoms with Crippen molar-refractivity contribution in [3.8, 4) is 0 Å². The molecule has 4 rings (SSSR count). The van der Waals surface area contributed by atoms with Crippen LogP contribution in [0, 0.1) is 0 Å². The number of likely N-dealkylation sites (N-methyl/N-ethyl adjacent to an activating group) is 1. The number of aromatic nitrogens is 2. The molecule has 0 aliphatic carbocycles. The van der Waals surface area contributed by atoms with Gasteiger partial charge in [0.1, 0.15) is 0 Å². The Labute approximate surface area is 173 Å². The lowest BCUT2D eigenvalue weighted by atomic mass is 10.1. The lowest BCUT2D eigenvalue weighted by Gasteiger charge is -2.32. The zero-order valence-electron chi connectivity index (χ0n) is 17.0. The van der Waals surface area contributed by atoms with Crippen molar-refractivity contribution in [1.82, 2.24) is 19.8 Å². The predicted molar refractivity (Wildman–Crippen MR) is 109 cm³/mol. The van der Waals surface area contributed by atoms with Crippen molar-refractivity contribution in [1.29, 1.82) is 0 Å². The van der Waals surface area contributed by atoms with E-state index < -0.39 is 11.7 Å². The third-order valence-corrected chi connectivity index (χ3v) is 5.92. The van der Waals surface area contributed by atoms with Gasteiger partial charge in [0, 0.05) is 57.8 Å². The van der Waals surface area contributed by atoms with Crippen LogP contribution in [0.5, 0.6) is 0 Å². The molecule has 6 nitrogen and oxygen atoms in total. The fourth-order valence-electron chi connectivity index (χ4n) is 4.03. The Morgan fingerprint density at radius 1 is 1.00 bits per heavy atom. The van der Waals surface area contributed by atoms with Gasteiger partial charge in [-0.25, -0.2) is 4.98 Å². The minimum atomic E-state index is -4.32. The number of halogens is 3. The quantitative estimate of drug-likeness (QED) is 0.823. The normalized spacial score (nSPS) is 18.9. The molecule has 0 spiro atoms. The van der Waals surface area contributed by atoms with Crippen LogP contribution in [0.15, 0.2) is 29.1 Å². The molecule has 1 aromatic carbocycles. The monoisotopic (exact) mass is 421 g/mol. The molecule has 0 unspecified atom stereocenters. The number of alkyl halides is 3. The molecule has 1 fully saturated rings. The van der Waals surface area contributed by atoms with Crippen molar-refractivity contribution in [3.05, 3.63) is 57.0 Å². The summed E-state index contributed by atoms with van der Waals surface area (Å²) in [7, 11) is 2.08. The summed E-state index contributed by atoms with van der Waals surface area (Å²) >= 11 is 0. The van der Waals surface area contributed by atoms with Crippen LogP contribution in [0.1, 0.15) is 22.4 Å². The molecule has 162 valence electrons. The molecule has 9 heteroatoms. The molecular weight excluding hydrogens is 395 g/mol. The van der Waals surface area contributed by atoms with Crippen molar-refractivity contribution in [2.24, 2.45) is 0 Å². The molecule has 2 aromatic rings. The number of fused-ring (bicyclic) bond motifs is 1. The van der Waals surface area contributed by atoms with Crippen LogP contribution in [0.3, 0.4) is 0 Å². The fourth-order valence-corrected chi connectivity index (χ4v) is 4.03. The Morgan fingerprint density at radius 2 is 1.67 bits per heavy atom. The number of hydrogen-bond acceptors (Lipinski definition) is 5. The first kappa shape index (κ1) is 20.9. The molecule has 1 saturated heterocycles. The number of piperazine rings is 1. The summed E-state index contributed by atoms with van der Waals surface area (Å²) in [5.41, 5.74) is 1.67. The van der Waals surface area contributed by atoms with Gasteiger partial charge in [0.05, 0.1) is 11.3 Å². The number of nitrogens with one attached hydrogen (secondary N) is 1. The van der Waals surface area contributed by atoms with Crippen LogP contribution in [0.25, 0.3) is 0 Å². The summed E-state index contributed by atoms with van der Waals surface area (Å²) in [4.78, 5) is 26.9. The summed E-state index contributed by atoms with van der Waals surface area (Å²) in [6, 6.07) is 5.29.